The first kappa shape index (κ1) is 17.7. The van der Waals surface area contributed by atoms with Gasteiger partial charge in [-0.25, -0.2) is 4.40 Å². The fourth-order valence-electron chi connectivity index (χ4n) is 1.45. The van der Waals surface area contributed by atoms with Crippen LogP contribution in [0.1, 0.15) is 18.4 Å². The van der Waals surface area contributed by atoms with Gasteiger partial charge in [0.05, 0.1) is 6.61 Å². The van der Waals surface area contributed by atoms with E-state index in [1.165, 1.54) is 12.1 Å². The number of halogens is 6. The normalized spacial score (nSPS) is 13.4. The summed E-state index contributed by atoms with van der Waals surface area (Å²) >= 11 is 3.27. The Hall–Kier alpha value is -1.38. The molecule has 9 heteroatoms. The summed E-state index contributed by atoms with van der Waals surface area (Å²) in [5.41, 5.74) is -1.37. The number of rotatable bonds is 5. The van der Waals surface area contributed by atoms with Crippen LogP contribution in [0.25, 0.3) is 0 Å². The minimum atomic E-state index is -4.64. The van der Waals surface area contributed by atoms with E-state index in [1.54, 1.807) is 0 Å². The molecule has 0 fully saturated rings. The monoisotopic (exact) mass is 331 g/mol. The standard InChI is InChI=1S/C12H11F6NOS/c13-11(14,15)6-1-7-20-9-4-2-8(3-5-9)10(19-21)12(16,17)18/h2-5,21H,1,6-7H2. The second-order valence-electron chi connectivity index (χ2n) is 4.04. The molecule has 1 aromatic rings. The smallest absolute Gasteiger partial charge is 0.434 e. The number of hydrogen-bond acceptors (Lipinski definition) is 3. The zero-order chi connectivity index (χ0) is 16.1. The van der Waals surface area contributed by atoms with Gasteiger partial charge in [-0.05, 0) is 43.5 Å². The molecular formula is C12H11F6NOS. The third kappa shape index (κ3) is 6.28. The van der Waals surface area contributed by atoms with E-state index >= 15 is 0 Å². The quantitative estimate of drug-likeness (QED) is 0.362. The lowest BCUT2D eigenvalue weighted by Gasteiger charge is -2.11. The first-order valence-electron chi connectivity index (χ1n) is 5.73. The van der Waals surface area contributed by atoms with Gasteiger partial charge in [-0.2, -0.15) is 26.3 Å². The van der Waals surface area contributed by atoms with E-state index in [4.69, 9.17) is 4.74 Å². The Morgan fingerprint density at radius 2 is 1.62 bits per heavy atom. The molecule has 0 heterocycles. The molecule has 118 valence electrons. The summed E-state index contributed by atoms with van der Waals surface area (Å²) in [5, 5.41) is 0. The maximum absolute atomic E-state index is 12.5. The number of thiol groups is 1. The predicted molar refractivity (Wildman–Crippen MR) is 68.8 cm³/mol. The molecule has 1 aromatic carbocycles. The molecule has 2 nitrogen and oxygen atoms in total. The Morgan fingerprint density at radius 1 is 1.05 bits per heavy atom. The van der Waals surface area contributed by atoms with Gasteiger partial charge in [0.2, 0.25) is 0 Å². The van der Waals surface area contributed by atoms with E-state index in [-0.39, 0.29) is 24.3 Å². The third-order valence-electron chi connectivity index (χ3n) is 2.37. The molecule has 0 saturated carbocycles. The molecule has 0 saturated heterocycles. The van der Waals surface area contributed by atoms with Gasteiger partial charge < -0.3 is 4.74 Å². The lowest BCUT2D eigenvalue weighted by atomic mass is 10.1. The second-order valence-corrected chi connectivity index (χ2v) is 4.24. The molecule has 0 spiro atoms. The Kier molecular flexibility index (Phi) is 5.94. The van der Waals surface area contributed by atoms with E-state index in [2.05, 4.69) is 17.2 Å². The van der Waals surface area contributed by atoms with Crippen molar-refractivity contribution in [3.05, 3.63) is 29.8 Å². The number of hydrogen-bond donors (Lipinski definition) is 1. The number of alkyl halides is 6. The minimum absolute atomic E-state index is 0.175. The molecule has 21 heavy (non-hydrogen) atoms. The highest BCUT2D eigenvalue weighted by Crippen LogP contribution is 2.25. The van der Waals surface area contributed by atoms with Gasteiger partial charge in [0.15, 0.2) is 5.71 Å². The van der Waals surface area contributed by atoms with Gasteiger partial charge in [0, 0.05) is 12.0 Å². The maximum Gasteiger partial charge on any atom is 0.434 e. The van der Waals surface area contributed by atoms with Crippen LogP contribution in [0.5, 0.6) is 5.75 Å². The SMILES string of the molecule is FC(F)(F)CCCOc1ccc(C(=NS)C(F)(F)F)cc1. The van der Waals surface area contributed by atoms with Crippen LogP contribution in [0.15, 0.2) is 28.7 Å². The van der Waals surface area contributed by atoms with Crippen molar-refractivity contribution in [2.45, 2.75) is 25.2 Å². The number of nitrogens with zero attached hydrogens (tertiary/aromatic N) is 1. The van der Waals surface area contributed by atoms with Gasteiger partial charge in [-0.1, -0.05) is 0 Å². The molecule has 0 aliphatic heterocycles. The largest absolute Gasteiger partial charge is 0.494 e. The van der Waals surface area contributed by atoms with Crippen molar-refractivity contribution >= 4 is 18.5 Å². The summed E-state index contributed by atoms with van der Waals surface area (Å²) < 4.78 is 81.2. The van der Waals surface area contributed by atoms with Crippen molar-refractivity contribution in [2.24, 2.45) is 4.40 Å². The van der Waals surface area contributed by atoms with Crippen molar-refractivity contribution in [2.75, 3.05) is 6.61 Å². The Balaban J connectivity index is 2.59. The zero-order valence-corrected chi connectivity index (χ0v) is 11.4. The summed E-state index contributed by atoms with van der Waals surface area (Å²) in [6.45, 7) is -0.175. The van der Waals surface area contributed by atoms with Crippen molar-refractivity contribution in [3.8, 4) is 5.75 Å². The maximum atomic E-state index is 12.5. The predicted octanol–water partition coefficient (Wildman–Crippen LogP) is 4.60. The lowest BCUT2D eigenvalue weighted by Crippen LogP contribution is -2.23. The molecule has 0 aliphatic carbocycles. The van der Waals surface area contributed by atoms with Gasteiger partial charge in [-0.15, -0.1) is 0 Å². The van der Waals surface area contributed by atoms with Crippen LogP contribution in [0.3, 0.4) is 0 Å². The highest BCUT2D eigenvalue weighted by atomic mass is 32.1. The minimum Gasteiger partial charge on any atom is -0.494 e. The zero-order valence-electron chi connectivity index (χ0n) is 10.5. The van der Waals surface area contributed by atoms with Gasteiger partial charge >= 0.3 is 12.4 Å². The van der Waals surface area contributed by atoms with Crippen molar-refractivity contribution in [3.63, 3.8) is 0 Å². The van der Waals surface area contributed by atoms with Crippen LogP contribution in [-0.2, 0) is 0 Å². The van der Waals surface area contributed by atoms with E-state index in [0.717, 1.165) is 12.1 Å². The molecule has 0 aliphatic rings. The molecular weight excluding hydrogens is 320 g/mol. The summed E-state index contributed by atoms with van der Waals surface area (Å²) in [6.07, 6.45) is -10.1. The van der Waals surface area contributed by atoms with E-state index in [1.807, 2.05) is 0 Å². The van der Waals surface area contributed by atoms with E-state index in [0.29, 0.717) is 0 Å². The van der Waals surface area contributed by atoms with Crippen LogP contribution in [0.2, 0.25) is 0 Å². The second kappa shape index (κ2) is 7.06. The average molecular weight is 331 g/mol. The summed E-state index contributed by atoms with van der Waals surface area (Å²) in [7, 11) is 0. The van der Waals surface area contributed by atoms with Gasteiger partial charge in [-0.3, -0.25) is 0 Å². The van der Waals surface area contributed by atoms with Crippen LogP contribution >= 0.6 is 12.8 Å². The molecule has 1 rings (SSSR count). The van der Waals surface area contributed by atoms with Gasteiger partial charge in [0.1, 0.15) is 5.75 Å². The molecule has 0 bridgehead atoms. The first-order valence-corrected chi connectivity index (χ1v) is 6.13. The Bertz CT molecular complexity index is 480. The van der Waals surface area contributed by atoms with Crippen LogP contribution in [0.4, 0.5) is 26.3 Å². The highest BCUT2D eigenvalue weighted by Gasteiger charge is 2.36. The van der Waals surface area contributed by atoms with E-state index in [9.17, 15) is 26.3 Å². The molecule has 0 N–H and O–H groups in total. The fourth-order valence-corrected chi connectivity index (χ4v) is 1.68. The lowest BCUT2D eigenvalue weighted by molar-refractivity contribution is -0.136. The Morgan fingerprint density at radius 3 is 2.05 bits per heavy atom. The topological polar surface area (TPSA) is 21.6 Å². The van der Waals surface area contributed by atoms with E-state index < -0.39 is 24.5 Å². The summed E-state index contributed by atoms with van der Waals surface area (Å²) in [5.74, 6) is 0.182. The third-order valence-corrected chi connectivity index (χ3v) is 2.57. The molecule has 0 unspecified atom stereocenters. The summed E-state index contributed by atoms with van der Waals surface area (Å²) in [6, 6.07) is 4.69. The van der Waals surface area contributed by atoms with Crippen LogP contribution in [0, 0.1) is 0 Å². The molecule has 0 aromatic heterocycles. The fraction of sp³-hybridized carbons (Fsp3) is 0.417. The molecule has 0 amide bonds. The number of benzene rings is 1. The Labute approximate surface area is 122 Å². The average Bonchev–Trinajstić information content (AvgIpc) is 2.34. The van der Waals surface area contributed by atoms with Crippen molar-refractivity contribution < 1.29 is 31.1 Å². The van der Waals surface area contributed by atoms with Crippen molar-refractivity contribution in [1.82, 2.24) is 0 Å². The number of ether oxygens (including phenoxy) is 1. The molecule has 0 radical (unpaired) electrons. The van der Waals surface area contributed by atoms with Crippen LogP contribution in [-0.4, -0.2) is 24.7 Å². The summed E-state index contributed by atoms with van der Waals surface area (Å²) in [4.78, 5) is 0. The highest BCUT2D eigenvalue weighted by molar-refractivity contribution is 7.79. The van der Waals surface area contributed by atoms with Gasteiger partial charge in [0.25, 0.3) is 0 Å². The van der Waals surface area contributed by atoms with Crippen LogP contribution < -0.4 is 4.74 Å². The molecule has 0 atom stereocenters. The first-order chi connectivity index (χ1) is 9.63. The van der Waals surface area contributed by atoms with Crippen molar-refractivity contribution in [1.29, 1.82) is 0 Å².